The normalized spacial score (nSPS) is 10.2. The molecule has 0 saturated carbocycles. The number of esters is 2. The van der Waals surface area contributed by atoms with Crippen molar-refractivity contribution in [3.05, 3.63) is 59.7 Å². The summed E-state index contributed by atoms with van der Waals surface area (Å²) in [6.45, 7) is 0.633. The standard InChI is InChI=1S/C19H22N2O4/c20-16-8-4-6-14(12-16)18(22)24-10-2-1-3-11-25-19(23)15-7-5-9-17(21)13-15/h4-9,12-13H,1-3,10-11,20-21H2. The van der Waals surface area contributed by atoms with Crippen molar-refractivity contribution in [1.82, 2.24) is 0 Å². The van der Waals surface area contributed by atoms with Gasteiger partial charge in [0.1, 0.15) is 0 Å². The van der Waals surface area contributed by atoms with Gasteiger partial charge in [0.15, 0.2) is 0 Å². The predicted molar refractivity (Wildman–Crippen MR) is 96.1 cm³/mol. The summed E-state index contributed by atoms with van der Waals surface area (Å²) in [5, 5.41) is 0. The van der Waals surface area contributed by atoms with E-state index in [0.717, 1.165) is 6.42 Å². The first-order valence-corrected chi connectivity index (χ1v) is 8.11. The number of carbonyl (C=O) groups is 2. The molecule has 2 aromatic rings. The summed E-state index contributed by atoms with van der Waals surface area (Å²) in [6.07, 6.45) is 2.18. The molecule has 0 aromatic heterocycles. The molecule has 0 aliphatic rings. The van der Waals surface area contributed by atoms with E-state index in [0.29, 0.717) is 48.6 Å². The largest absolute Gasteiger partial charge is 0.462 e. The summed E-state index contributed by atoms with van der Waals surface area (Å²) in [4.78, 5) is 23.6. The van der Waals surface area contributed by atoms with Crippen LogP contribution >= 0.6 is 0 Å². The minimum absolute atomic E-state index is 0.316. The molecule has 0 unspecified atom stereocenters. The van der Waals surface area contributed by atoms with Crippen molar-refractivity contribution in [2.45, 2.75) is 19.3 Å². The molecule has 0 atom stereocenters. The van der Waals surface area contributed by atoms with Crippen LogP contribution in [0.1, 0.15) is 40.0 Å². The summed E-state index contributed by atoms with van der Waals surface area (Å²) in [5.74, 6) is -0.777. The van der Waals surface area contributed by atoms with Crippen molar-refractivity contribution in [1.29, 1.82) is 0 Å². The van der Waals surface area contributed by atoms with Crippen molar-refractivity contribution in [2.24, 2.45) is 0 Å². The van der Waals surface area contributed by atoms with E-state index in [4.69, 9.17) is 20.9 Å². The first kappa shape index (κ1) is 18.3. The molecule has 25 heavy (non-hydrogen) atoms. The van der Waals surface area contributed by atoms with E-state index in [-0.39, 0.29) is 11.9 Å². The molecule has 0 bridgehead atoms. The third kappa shape index (κ3) is 6.18. The zero-order chi connectivity index (χ0) is 18.1. The smallest absolute Gasteiger partial charge is 0.338 e. The van der Waals surface area contributed by atoms with Crippen LogP contribution in [0, 0.1) is 0 Å². The minimum atomic E-state index is -0.389. The highest BCUT2D eigenvalue weighted by Gasteiger charge is 2.08. The number of unbranched alkanes of at least 4 members (excludes halogenated alkanes) is 2. The Morgan fingerprint density at radius 3 is 1.56 bits per heavy atom. The van der Waals surface area contributed by atoms with E-state index < -0.39 is 0 Å². The molecule has 0 radical (unpaired) electrons. The molecule has 132 valence electrons. The van der Waals surface area contributed by atoms with Crippen LogP contribution < -0.4 is 11.5 Å². The molecule has 2 aromatic carbocycles. The van der Waals surface area contributed by atoms with Gasteiger partial charge in [0, 0.05) is 11.4 Å². The Hall–Kier alpha value is -3.02. The predicted octanol–water partition coefficient (Wildman–Crippen LogP) is 3.04. The summed E-state index contributed by atoms with van der Waals surface area (Å²) in [6, 6.07) is 13.3. The Balaban J connectivity index is 1.58. The lowest BCUT2D eigenvalue weighted by Gasteiger charge is -2.07. The highest BCUT2D eigenvalue weighted by atomic mass is 16.5. The highest BCUT2D eigenvalue weighted by Crippen LogP contribution is 2.10. The molecule has 0 fully saturated rings. The fraction of sp³-hybridized carbons (Fsp3) is 0.263. The van der Waals surface area contributed by atoms with E-state index in [9.17, 15) is 9.59 Å². The van der Waals surface area contributed by atoms with Crippen LogP contribution in [0.15, 0.2) is 48.5 Å². The molecule has 0 spiro atoms. The monoisotopic (exact) mass is 342 g/mol. The summed E-state index contributed by atoms with van der Waals surface area (Å²) in [7, 11) is 0. The highest BCUT2D eigenvalue weighted by molar-refractivity contribution is 5.90. The van der Waals surface area contributed by atoms with Crippen LogP contribution in [0.5, 0.6) is 0 Å². The van der Waals surface area contributed by atoms with E-state index in [1.807, 2.05) is 0 Å². The first-order valence-electron chi connectivity index (χ1n) is 8.11. The Kier molecular flexibility index (Phi) is 6.83. The number of benzene rings is 2. The maximum absolute atomic E-state index is 11.8. The molecule has 6 heteroatoms. The van der Waals surface area contributed by atoms with Gasteiger partial charge in [-0.05, 0) is 55.7 Å². The average molecular weight is 342 g/mol. The van der Waals surface area contributed by atoms with E-state index in [1.54, 1.807) is 48.5 Å². The van der Waals surface area contributed by atoms with Gasteiger partial charge in [-0.3, -0.25) is 0 Å². The second-order valence-corrected chi connectivity index (χ2v) is 5.58. The quantitative estimate of drug-likeness (QED) is 0.434. The minimum Gasteiger partial charge on any atom is -0.462 e. The Bertz CT molecular complexity index is 669. The molecule has 4 N–H and O–H groups in total. The maximum Gasteiger partial charge on any atom is 0.338 e. The van der Waals surface area contributed by atoms with Gasteiger partial charge in [0.2, 0.25) is 0 Å². The van der Waals surface area contributed by atoms with Crippen molar-refractivity contribution in [2.75, 3.05) is 24.7 Å². The summed E-state index contributed by atoms with van der Waals surface area (Å²) < 4.78 is 10.4. The molecule has 0 saturated heterocycles. The van der Waals surface area contributed by atoms with Crippen molar-refractivity contribution < 1.29 is 19.1 Å². The van der Waals surface area contributed by atoms with Crippen molar-refractivity contribution in [3.63, 3.8) is 0 Å². The fourth-order valence-corrected chi connectivity index (χ4v) is 2.21. The second kappa shape index (κ2) is 9.32. The average Bonchev–Trinajstić information content (AvgIpc) is 2.60. The van der Waals surface area contributed by atoms with E-state index in [2.05, 4.69) is 0 Å². The number of ether oxygens (including phenoxy) is 2. The Morgan fingerprint density at radius 1 is 0.720 bits per heavy atom. The van der Waals surface area contributed by atoms with Gasteiger partial charge in [-0.25, -0.2) is 9.59 Å². The summed E-state index contributed by atoms with van der Waals surface area (Å²) >= 11 is 0. The number of rotatable bonds is 8. The third-order valence-corrected chi connectivity index (χ3v) is 3.50. The van der Waals surface area contributed by atoms with Crippen LogP contribution in [0.4, 0.5) is 11.4 Å². The molecule has 0 heterocycles. The second-order valence-electron chi connectivity index (χ2n) is 5.58. The number of nitrogens with two attached hydrogens (primary N) is 2. The van der Waals surface area contributed by atoms with Crippen LogP contribution in [-0.2, 0) is 9.47 Å². The van der Waals surface area contributed by atoms with Gasteiger partial charge in [-0.1, -0.05) is 12.1 Å². The lowest BCUT2D eigenvalue weighted by molar-refractivity contribution is 0.0478. The van der Waals surface area contributed by atoms with Crippen LogP contribution in [0.2, 0.25) is 0 Å². The zero-order valence-electron chi connectivity index (χ0n) is 13.9. The molecule has 2 rings (SSSR count). The van der Waals surface area contributed by atoms with Gasteiger partial charge >= 0.3 is 11.9 Å². The SMILES string of the molecule is Nc1cccc(C(=O)OCCCCCOC(=O)c2cccc(N)c2)c1. The Morgan fingerprint density at radius 2 is 1.16 bits per heavy atom. The number of hydrogen-bond acceptors (Lipinski definition) is 6. The first-order chi connectivity index (χ1) is 12.1. The number of hydrogen-bond donors (Lipinski definition) is 2. The van der Waals surface area contributed by atoms with Gasteiger partial charge in [-0.15, -0.1) is 0 Å². The zero-order valence-corrected chi connectivity index (χ0v) is 13.9. The van der Waals surface area contributed by atoms with Crippen LogP contribution in [0.25, 0.3) is 0 Å². The summed E-state index contributed by atoms with van der Waals surface area (Å²) in [5.41, 5.74) is 13.2. The molecular weight excluding hydrogens is 320 g/mol. The van der Waals surface area contributed by atoms with Crippen LogP contribution in [-0.4, -0.2) is 25.2 Å². The number of carbonyl (C=O) groups excluding carboxylic acids is 2. The maximum atomic E-state index is 11.8. The lowest BCUT2D eigenvalue weighted by atomic mass is 10.2. The fourth-order valence-electron chi connectivity index (χ4n) is 2.21. The topological polar surface area (TPSA) is 105 Å². The Labute approximate surface area is 146 Å². The van der Waals surface area contributed by atoms with Gasteiger partial charge < -0.3 is 20.9 Å². The van der Waals surface area contributed by atoms with Gasteiger partial charge in [0.25, 0.3) is 0 Å². The molecule has 0 aliphatic heterocycles. The van der Waals surface area contributed by atoms with Gasteiger partial charge in [-0.2, -0.15) is 0 Å². The number of anilines is 2. The van der Waals surface area contributed by atoms with Gasteiger partial charge in [0.05, 0.1) is 24.3 Å². The molecular formula is C19H22N2O4. The third-order valence-electron chi connectivity index (χ3n) is 3.50. The van der Waals surface area contributed by atoms with Crippen molar-refractivity contribution >= 4 is 23.3 Å². The van der Waals surface area contributed by atoms with Crippen molar-refractivity contribution in [3.8, 4) is 0 Å². The molecule has 0 amide bonds. The molecule has 0 aliphatic carbocycles. The lowest BCUT2D eigenvalue weighted by Crippen LogP contribution is -2.08. The number of nitrogen functional groups attached to an aromatic ring is 2. The molecule has 6 nitrogen and oxygen atoms in total. The van der Waals surface area contributed by atoms with E-state index in [1.165, 1.54) is 0 Å². The van der Waals surface area contributed by atoms with E-state index >= 15 is 0 Å². The van der Waals surface area contributed by atoms with Crippen LogP contribution in [0.3, 0.4) is 0 Å².